The molecular formula is C6H13NOS. The van der Waals surface area contributed by atoms with Gasteiger partial charge in [0, 0.05) is 18.2 Å². The highest BCUT2D eigenvalue weighted by Gasteiger charge is 1.96. The molecule has 1 atom stereocenters. The molecule has 1 N–H and O–H groups in total. The van der Waals surface area contributed by atoms with Crippen LogP contribution >= 0.6 is 12.6 Å². The maximum absolute atomic E-state index is 10.6. The fourth-order valence-electron chi connectivity index (χ4n) is 0.387. The first-order chi connectivity index (χ1) is 4.16. The van der Waals surface area contributed by atoms with Gasteiger partial charge in [-0.1, -0.05) is 13.8 Å². The minimum Gasteiger partial charge on any atom is -0.355 e. The fourth-order valence-corrected chi connectivity index (χ4v) is 0.478. The predicted octanol–water partition coefficient (Wildman–Crippen LogP) is 0.831. The largest absolute Gasteiger partial charge is 0.355 e. The number of carbonyl (C=O) groups is 1. The Labute approximate surface area is 61.4 Å². The topological polar surface area (TPSA) is 29.1 Å². The average molecular weight is 147 g/mol. The van der Waals surface area contributed by atoms with Gasteiger partial charge in [-0.2, -0.15) is 12.6 Å². The van der Waals surface area contributed by atoms with Gasteiger partial charge in [-0.15, -0.1) is 0 Å². The van der Waals surface area contributed by atoms with Crippen molar-refractivity contribution in [3.05, 3.63) is 0 Å². The van der Waals surface area contributed by atoms with E-state index in [0.717, 1.165) is 0 Å². The van der Waals surface area contributed by atoms with Crippen LogP contribution in [-0.2, 0) is 4.79 Å². The molecule has 0 aromatic heterocycles. The van der Waals surface area contributed by atoms with E-state index in [1.54, 1.807) is 0 Å². The Morgan fingerprint density at radius 3 is 2.67 bits per heavy atom. The summed E-state index contributed by atoms with van der Waals surface area (Å²) in [6, 6.07) is 0. The number of nitrogens with one attached hydrogen (secondary N) is 1. The molecule has 54 valence electrons. The van der Waals surface area contributed by atoms with E-state index in [1.807, 2.05) is 13.8 Å². The van der Waals surface area contributed by atoms with Crippen LogP contribution in [0.25, 0.3) is 0 Å². The van der Waals surface area contributed by atoms with Crippen LogP contribution in [0.5, 0.6) is 0 Å². The lowest BCUT2D eigenvalue weighted by Gasteiger charge is -2.04. The number of amides is 1. The zero-order valence-electron chi connectivity index (χ0n) is 5.85. The van der Waals surface area contributed by atoms with E-state index in [2.05, 4.69) is 17.9 Å². The molecule has 0 fully saturated rings. The average Bonchev–Trinajstić information content (AvgIpc) is 1.83. The summed E-state index contributed by atoms with van der Waals surface area (Å²) in [6.45, 7) is 4.44. The summed E-state index contributed by atoms with van der Waals surface area (Å²) in [5, 5.41) is 2.97. The predicted molar refractivity (Wildman–Crippen MR) is 41.7 cm³/mol. The van der Waals surface area contributed by atoms with Crippen LogP contribution in [0.15, 0.2) is 0 Å². The van der Waals surface area contributed by atoms with Gasteiger partial charge in [-0.25, -0.2) is 0 Å². The van der Waals surface area contributed by atoms with Crippen LogP contribution in [0.4, 0.5) is 0 Å². The first kappa shape index (κ1) is 8.82. The van der Waals surface area contributed by atoms with E-state index in [9.17, 15) is 4.79 Å². The summed E-state index contributed by atoms with van der Waals surface area (Å²) in [5.41, 5.74) is 0. The summed E-state index contributed by atoms with van der Waals surface area (Å²) < 4.78 is 0. The second-order valence-corrected chi connectivity index (χ2v) is 2.89. The van der Waals surface area contributed by atoms with Crippen molar-refractivity contribution in [1.29, 1.82) is 0 Å². The fraction of sp³-hybridized carbons (Fsp3) is 0.833. The van der Waals surface area contributed by atoms with Gasteiger partial charge in [0.1, 0.15) is 0 Å². The van der Waals surface area contributed by atoms with Crippen molar-refractivity contribution in [3.63, 3.8) is 0 Å². The van der Waals surface area contributed by atoms with Crippen molar-refractivity contribution in [1.82, 2.24) is 5.32 Å². The van der Waals surface area contributed by atoms with E-state index in [1.165, 1.54) is 0 Å². The van der Waals surface area contributed by atoms with Gasteiger partial charge in [0.25, 0.3) is 0 Å². The van der Waals surface area contributed by atoms with Gasteiger partial charge < -0.3 is 5.32 Å². The van der Waals surface area contributed by atoms with Gasteiger partial charge in [-0.05, 0) is 0 Å². The normalized spacial score (nSPS) is 12.8. The number of hydrogen-bond acceptors (Lipinski definition) is 2. The Morgan fingerprint density at radius 1 is 1.78 bits per heavy atom. The maximum Gasteiger partial charge on any atom is 0.219 e. The minimum atomic E-state index is 0.0934. The van der Waals surface area contributed by atoms with Crippen molar-refractivity contribution < 1.29 is 4.79 Å². The lowest BCUT2D eigenvalue weighted by molar-refractivity contribution is -0.120. The molecule has 0 rings (SSSR count). The molecule has 0 aliphatic carbocycles. The van der Waals surface area contributed by atoms with Gasteiger partial charge in [-0.3, -0.25) is 4.79 Å². The lowest BCUT2D eigenvalue weighted by Crippen LogP contribution is -2.27. The highest BCUT2D eigenvalue weighted by atomic mass is 32.1. The zero-order valence-corrected chi connectivity index (χ0v) is 6.74. The highest BCUT2D eigenvalue weighted by Crippen LogP contribution is 1.88. The van der Waals surface area contributed by atoms with Gasteiger partial charge in [0.05, 0.1) is 0 Å². The van der Waals surface area contributed by atoms with Crippen LogP contribution in [0, 0.1) is 0 Å². The minimum absolute atomic E-state index is 0.0934. The summed E-state index contributed by atoms with van der Waals surface area (Å²) in [7, 11) is 0. The molecule has 0 aromatic rings. The van der Waals surface area contributed by atoms with Crippen LogP contribution in [0.1, 0.15) is 20.3 Å². The van der Waals surface area contributed by atoms with Crippen LogP contribution < -0.4 is 5.32 Å². The lowest BCUT2D eigenvalue weighted by atomic mass is 10.4. The Morgan fingerprint density at radius 2 is 2.33 bits per heavy atom. The van der Waals surface area contributed by atoms with Gasteiger partial charge >= 0.3 is 0 Å². The van der Waals surface area contributed by atoms with E-state index in [-0.39, 0.29) is 11.2 Å². The van der Waals surface area contributed by atoms with E-state index in [4.69, 9.17) is 0 Å². The molecule has 0 saturated heterocycles. The number of hydrogen-bond donors (Lipinski definition) is 2. The molecule has 0 saturated carbocycles. The molecule has 0 aromatic carbocycles. The van der Waals surface area contributed by atoms with E-state index >= 15 is 0 Å². The molecule has 9 heavy (non-hydrogen) atoms. The second kappa shape index (κ2) is 4.68. The molecule has 0 radical (unpaired) electrons. The van der Waals surface area contributed by atoms with Crippen LogP contribution in [-0.4, -0.2) is 17.7 Å². The summed E-state index contributed by atoms with van der Waals surface area (Å²) in [5.74, 6) is 0.0934. The molecule has 1 amide bonds. The van der Waals surface area contributed by atoms with Crippen LogP contribution in [0.2, 0.25) is 0 Å². The third kappa shape index (κ3) is 5.69. The second-order valence-electron chi connectivity index (χ2n) is 2.01. The Hall–Kier alpha value is -0.180. The highest BCUT2D eigenvalue weighted by molar-refractivity contribution is 7.80. The van der Waals surface area contributed by atoms with E-state index in [0.29, 0.717) is 13.0 Å². The smallest absolute Gasteiger partial charge is 0.219 e. The standard InChI is InChI=1S/C6H13NOS/c1-3-6(8)7-4-5(2)9/h5,9H,3-4H2,1-2H3,(H,7,8). The van der Waals surface area contributed by atoms with E-state index < -0.39 is 0 Å². The molecule has 3 heteroatoms. The first-order valence-electron chi connectivity index (χ1n) is 3.11. The first-order valence-corrected chi connectivity index (χ1v) is 3.63. The van der Waals surface area contributed by atoms with Crippen molar-refractivity contribution in [2.75, 3.05) is 6.54 Å². The molecule has 0 spiro atoms. The third-order valence-electron chi connectivity index (χ3n) is 0.916. The van der Waals surface area contributed by atoms with Crippen molar-refractivity contribution in [2.45, 2.75) is 25.5 Å². The third-order valence-corrected chi connectivity index (χ3v) is 1.10. The zero-order chi connectivity index (χ0) is 7.28. The molecule has 0 heterocycles. The Balaban J connectivity index is 3.17. The SMILES string of the molecule is CCC(=O)NCC(C)S. The summed E-state index contributed by atoms with van der Waals surface area (Å²) in [6.07, 6.45) is 0.556. The Bertz CT molecular complexity index is 93.1. The Kier molecular flexibility index (Phi) is 4.58. The summed E-state index contributed by atoms with van der Waals surface area (Å²) >= 11 is 4.10. The number of carbonyl (C=O) groups excluding carboxylic acids is 1. The van der Waals surface area contributed by atoms with Crippen molar-refractivity contribution >= 4 is 18.5 Å². The molecule has 0 aliphatic rings. The van der Waals surface area contributed by atoms with Gasteiger partial charge in [0.2, 0.25) is 5.91 Å². The van der Waals surface area contributed by atoms with Crippen molar-refractivity contribution in [3.8, 4) is 0 Å². The maximum atomic E-state index is 10.6. The quantitative estimate of drug-likeness (QED) is 0.569. The summed E-state index contributed by atoms with van der Waals surface area (Å²) in [4.78, 5) is 10.6. The molecule has 1 unspecified atom stereocenters. The molecular weight excluding hydrogens is 134 g/mol. The van der Waals surface area contributed by atoms with Crippen molar-refractivity contribution in [2.24, 2.45) is 0 Å². The molecule has 0 bridgehead atoms. The number of rotatable bonds is 3. The molecule has 0 aliphatic heterocycles. The number of thiol groups is 1. The molecule has 2 nitrogen and oxygen atoms in total. The van der Waals surface area contributed by atoms with Crippen LogP contribution in [0.3, 0.4) is 0 Å². The van der Waals surface area contributed by atoms with Gasteiger partial charge in [0.15, 0.2) is 0 Å². The monoisotopic (exact) mass is 147 g/mol.